The van der Waals surface area contributed by atoms with E-state index in [-0.39, 0.29) is 24.6 Å². The third kappa shape index (κ3) is 5.40. The summed E-state index contributed by atoms with van der Waals surface area (Å²) in [5, 5.41) is 8.31. The summed E-state index contributed by atoms with van der Waals surface area (Å²) < 4.78 is 4.76. The molecule has 0 bridgehead atoms. The number of anilines is 2. The maximum atomic E-state index is 12.1. The lowest BCUT2D eigenvalue weighted by Crippen LogP contribution is -2.31. The summed E-state index contributed by atoms with van der Waals surface area (Å²) in [6, 6.07) is 16.2. The van der Waals surface area contributed by atoms with Crippen LogP contribution in [0.15, 0.2) is 54.6 Å². The molecule has 2 aromatic rings. The van der Waals surface area contributed by atoms with Crippen LogP contribution in [0.4, 0.5) is 16.2 Å². The fourth-order valence-electron chi connectivity index (χ4n) is 2.19. The van der Waals surface area contributed by atoms with E-state index in [0.717, 1.165) is 5.56 Å². The Morgan fingerprint density at radius 1 is 1.00 bits per heavy atom. The summed E-state index contributed by atoms with van der Waals surface area (Å²) >= 11 is 0. The Kier molecular flexibility index (Phi) is 6.33. The number of nitrogens with one attached hydrogen (secondary N) is 3. The standard InChI is InChI=1S/C18H21N3O3/c1-13(14-7-4-3-5-8-14)19-18(23)21-16-10-6-9-15(11-16)20-17(22)12-24-2/h3-11,13H,12H2,1-2H3,(H,20,22)(H2,19,21,23). The van der Waals surface area contributed by atoms with Gasteiger partial charge in [0, 0.05) is 18.5 Å². The average Bonchev–Trinajstić information content (AvgIpc) is 2.56. The molecule has 0 aliphatic rings. The predicted molar refractivity (Wildman–Crippen MR) is 94.0 cm³/mol. The minimum absolute atomic E-state index is 0.0211. The van der Waals surface area contributed by atoms with Gasteiger partial charge in [-0.1, -0.05) is 36.4 Å². The maximum absolute atomic E-state index is 12.1. The molecule has 0 saturated heterocycles. The van der Waals surface area contributed by atoms with Gasteiger partial charge in [-0.05, 0) is 30.7 Å². The van der Waals surface area contributed by atoms with Gasteiger partial charge in [0.1, 0.15) is 6.61 Å². The minimum atomic E-state index is -0.313. The van der Waals surface area contributed by atoms with Gasteiger partial charge in [-0.3, -0.25) is 4.79 Å². The fraction of sp³-hybridized carbons (Fsp3) is 0.222. The predicted octanol–water partition coefficient (Wildman–Crippen LogP) is 3.15. The first-order chi connectivity index (χ1) is 11.6. The quantitative estimate of drug-likeness (QED) is 0.762. The van der Waals surface area contributed by atoms with Gasteiger partial charge < -0.3 is 20.7 Å². The van der Waals surface area contributed by atoms with Gasteiger partial charge in [0.2, 0.25) is 5.91 Å². The molecule has 24 heavy (non-hydrogen) atoms. The van der Waals surface area contributed by atoms with Crippen molar-refractivity contribution >= 4 is 23.3 Å². The Morgan fingerprint density at radius 3 is 2.33 bits per heavy atom. The molecule has 6 heteroatoms. The number of benzene rings is 2. The van der Waals surface area contributed by atoms with E-state index >= 15 is 0 Å². The summed E-state index contributed by atoms with van der Waals surface area (Å²) in [4.78, 5) is 23.6. The number of amides is 3. The normalized spacial score (nSPS) is 11.4. The SMILES string of the molecule is COCC(=O)Nc1cccc(NC(=O)NC(C)c2ccccc2)c1. The van der Waals surface area contributed by atoms with E-state index in [2.05, 4.69) is 16.0 Å². The van der Waals surface area contributed by atoms with Crippen LogP contribution in [0, 0.1) is 0 Å². The first-order valence-electron chi connectivity index (χ1n) is 7.60. The van der Waals surface area contributed by atoms with Crippen molar-refractivity contribution in [2.75, 3.05) is 24.4 Å². The smallest absolute Gasteiger partial charge is 0.319 e. The second-order valence-electron chi connectivity index (χ2n) is 5.29. The van der Waals surface area contributed by atoms with E-state index in [4.69, 9.17) is 4.74 Å². The molecule has 2 aromatic carbocycles. The largest absolute Gasteiger partial charge is 0.375 e. The summed E-state index contributed by atoms with van der Waals surface area (Å²) in [5.74, 6) is -0.253. The van der Waals surface area contributed by atoms with Gasteiger partial charge in [0.05, 0.1) is 6.04 Å². The van der Waals surface area contributed by atoms with Crippen molar-refractivity contribution in [1.29, 1.82) is 0 Å². The second kappa shape index (κ2) is 8.69. The summed E-state index contributed by atoms with van der Waals surface area (Å²) in [6.07, 6.45) is 0. The van der Waals surface area contributed by atoms with E-state index < -0.39 is 0 Å². The highest BCUT2D eigenvalue weighted by Gasteiger charge is 2.09. The number of ether oxygens (including phenoxy) is 1. The van der Waals surface area contributed by atoms with Gasteiger partial charge in [-0.2, -0.15) is 0 Å². The zero-order valence-electron chi connectivity index (χ0n) is 13.7. The molecule has 3 N–H and O–H groups in total. The monoisotopic (exact) mass is 327 g/mol. The highest BCUT2D eigenvalue weighted by molar-refractivity contribution is 5.94. The molecular weight excluding hydrogens is 306 g/mol. The van der Waals surface area contributed by atoms with Crippen LogP contribution in [0.3, 0.4) is 0 Å². The van der Waals surface area contributed by atoms with Crippen molar-refractivity contribution < 1.29 is 14.3 Å². The molecule has 3 amide bonds. The van der Waals surface area contributed by atoms with Crippen molar-refractivity contribution in [3.05, 3.63) is 60.2 Å². The Hall–Kier alpha value is -2.86. The van der Waals surface area contributed by atoms with Crippen molar-refractivity contribution in [2.45, 2.75) is 13.0 Å². The lowest BCUT2D eigenvalue weighted by atomic mass is 10.1. The van der Waals surface area contributed by atoms with Crippen molar-refractivity contribution in [3.63, 3.8) is 0 Å². The van der Waals surface area contributed by atoms with Crippen LogP contribution in [0.25, 0.3) is 0 Å². The van der Waals surface area contributed by atoms with Crippen molar-refractivity contribution in [3.8, 4) is 0 Å². The van der Waals surface area contributed by atoms with Crippen LogP contribution in [-0.4, -0.2) is 25.7 Å². The number of methoxy groups -OCH3 is 1. The molecule has 126 valence electrons. The van der Waals surface area contributed by atoms with Crippen LogP contribution < -0.4 is 16.0 Å². The van der Waals surface area contributed by atoms with E-state index in [1.54, 1.807) is 24.3 Å². The molecule has 0 radical (unpaired) electrons. The number of hydrogen-bond acceptors (Lipinski definition) is 3. The topological polar surface area (TPSA) is 79.5 Å². The van der Waals surface area contributed by atoms with E-state index in [1.165, 1.54) is 7.11 Å². The van der Waals surface area contributed by atoms with Gasteiger partial charge in [0.15, 0.2) is 0 Å². The number of carbonyl (C=O) groups is 2. The fourth-order valence-corrected chi connectivity index (χ4v) is 2.19. The number of carbonyl (C=O) groups excluding carboxylic acids is 2. The highest BCUT2D eigenvalue weighted by Crippen LogP contribution is 2.16. The molecule has 0 heterocycles. The summed E-state index contributed by atoms with van der Waals surface area (Å²) in [7, 11) is 1.45. The van der Waals surface area contributed by atoms with Crippen molar-refractivity contribution in [2.24, 2.45) is 0 Å². The van der Waals surface area contributed by atoms with E-state index in [9.17, 15) is 9.59 Å². The second-order valence-corrected chi connectivity index (χ2v) is 5.29. The zero-order chi connectivity index (χ0) is 17.4. The molecule has 0 aromatic heterocycles. The lowest BCUT2D eigenvalue weighted by molar-refractivity contribution is -0.119. The van der Waals surface area contributed by atoms with Crippen LogP contribution in [0.1, 0.15) is 18.5 Å². The first-order valence-corrected chi connectivity index (χ1v) is 7.60. The Bertz CT molecular complexity index is 689. The van der Waals surface area contributed by atoms with Gasteiger partial charge in [-0.15, -0.1) is 0 Å². The number of rotatable bonds is 6. The van der Waals surface area contributed by atoms with E-state index in [1.807, 2.05) is 37.3 Å². The molecule has 0 fully saturated rings. The molecule has 0 aliphatic carbocycles. The van der Waals surface area contributed by atoms with Gasteiger partial charge in [0.25, 0.3) is 0 Å². The van der Waals surface area contributed by atoms with Crippen molar-refractivity contribution in [1.82, 2.24) is 5.32 Å². The summed E-state index contributed by atoms with van der Waals surface area (Å²) in [6.45, 7) is 1.89. The number of urea groups is 1. The minimum Gasteiger partial charge on any atom is -0.375 e. The molecule has 1 atom stereocenters. The number of hydrogen-bond donors (Lipinski definition) is 3. The third-order valence-electron chi connectivity index (χ3n) is 3.33. The van der Waals surface area contributed by atoms with Crippen LogP contribution in [0.5, 0.6) is 0 Å². The third-order valence-corrected chi connectivity index (χ3v) is 3.33. The van der Waals surface area contributed by atoms with Crippen LogP contribution >= 0.6 is 0 Å². The molecule has 1 unspecified atom stereocenters. The Balaban J connectivity index is 1.93. The summed E-state index contributed by atoms with van der Waals surface area (Å²) in [5.41, 5.74) is 2.20. The lowest BCUT2D eigenvalue weighted by Gasteiger charge is -2.15. The van der Waals surface area contributed by atoms with Crippen LogP contribution in [0.2, 0.25) is 0 Å². The van der Waals surface area contributed by atoms with Crippen LogP contribution in [-0.2, 0) is 9.53 Å². The van der Waals surface area contributed by atoms with Gasteiger partial charge >= 0.3 is 6.03 Å². The zero-order valence-corrected chi connectivity index (χ0v) is 13.7. The molecule has 2 rings (SSSR count). The average molecular weight is 327 g/mol. The first kappa shape index (κ1) is 17.5. The Morgan fingerprint density at radius 2 is 1.67 bits per heavy atom. The molecule has 0 aliphatic heterocycles. The highest BCUT2D eigenvalue weighted by atomic mass is 16.5. The van der Waals surface area contributed by atoms with E-state index in [0.29, 0.717) is 11.4 Å². The molecule has 0 saturated carbocycles. The molecule has 0 spiro atoms. The molecule has 6 nitrogen and oxygen atoms in total. The molecular formula is C18H21N3O3. The maximum Gasteiger partial charge on any atom is 0.319 e. The Labute approximate surface area is 141 Å². The van der Waals surface area contributed by atoms with Gasteiger partial charge in [-0.25, -0.2) is 4.79 Å².